The topological polar surface area (TPSA) is 35.9 Å². The Balaban J connectivity index is 2.15. The van der Waals surface area contributed by atoms with Crippen LogP contribution in [0.15, 0.2) is 60.1 Å². The summed E-state index contributed by atoms with van der Waals surface area (Å²) in [4.78, 5) is 1.25. The lowest BCUT2D eigenvalue weighted by atomic mass is 9.86. The first-order valence-electron chi connectivity index (χ1n) is 9.74. The van der Waals surface area contributed by atoms with Crippen molar-refractivity contribution >= 4 is 23.1 Å². The Kier molecular flexibility index (Phi) is 6.48. The number of thiophene rings is 1. The van der Waals surface area contributed by atoms with Gasteiger partial charge in [-0.2, -0.15) is 0 Å². The fourth-order valence-electron chi connectivity index (χ4n) is 3.57. The number of hydrogen-bond acceptors (Lipinski definition) is 3. The van der Waals surface area contributed by atoms with Crippen LogP contribution >= 0.6 is 11.3 Å². The molecule has 28 heavy (non-hydrogen) atoms. The third-order valence-corrected chi connectivity index (χ3v) is 6.19. The molecule has 0 spiro atoms. The second-order valence-corrected chi connectivity index (χ2v) is 8.07. The van der Waals surface area contributed by atoms with E-state index < -0.39 is 0 Å². The molecule has 0 fully saturated rings. The minimum Gasteiger partial charge on any atom is -0.393 e. The van der Waals surface area contributed by atoms with E-state index in [1.165, 1.54) is 38.9 Å². The number of nitrogens with one attached hydrogen (secondary N) is 2. The lowest BCUT2D eigenvalue weighted by molar-refractivity contribution is 0.903. The summed E-state index contributed by atoms with van der Waals surface area (Å²) in [6.07, 6.45) is 4.35. The zero-order valence-electron chi connectivity index (χ0n) is 17.0. The van der Waals surface area contributed by atoms with Crippen LogP contribution in [0, 0.1) is 12.3 Å². The van der Waals surface area contributed by atoms with Gasteiger partial charge >= 0.3 is 0 Å². The van der Waals surface area contributed by atoms with Gasteiger partial charge in [0, 0.05) is 35.8 Å². The van der Waals surface area contributed by atoms with Crippen LogP contribution in [0.5, 0.6) is 0 Å². The first-order chi connectivity index (χ1) is 13.6. The van der Waals surface area contributed by atoms with Gasteiger partial charge < -0.3 is 10.7 Å². The SMILES string of the molecule is CCc1ccc(C)c(C(C)c2cc(/C(C=N)=C/NC)cc(-c3cccs3)c2)c1. The predicted octanol–water partition coefficient (Wildman–Crippen LogP) is 6.65. The van der Waals surface area contributed by atoms with Crippen molar-refractivity contribution in [3.05, 3.63) is 87.9 Å². The number of hydrogen-bond donors (Lipinski definition) is 2. The quantitative estimate of drug-likeness (QED) is 0.437. The van der Waals surface area contributed by atoms with Crippen LogP contribution in [0.4, 0.5) is 0 Å². The minimum atomic E-state index is 0.284. The lowest BCUT2D eigenvalue weighted by Gasteiger charge is -2.19. The van der Waals surface area contributed by atoms with E-state index in [0.717, 1.165) is 17.6 Å². The molecule has 144 valence electrons. The van der Waals surface area contributed by atoms with Crippen LogP contribution in [0.2, 0.25) is 0 Å². The molecule has 0 bridgehead atoms. The maximum absolute atomic E-state index is 7.84. The van der Waals surface area contributed by atoms with E-state index in [-0.39, 0.29) is 5.92 Å². The molecule has 3 aromatic rings. The average Bonchev–Trinajstić information content (AvgIpc) is 3.26. The molecular formula is C25H28N2S. The molecule has 3 heteroatoms. The smallest absolute Gasteiger partial charge is 0.0343 e. The molecule has 1 atom stereocenters. The zero-order chi connectivity index (χ0) is 20.1. The lowest BCUT2D eigenvalue weighted by Crippen LogP contribution is -2.03. The second kappa shape index (κ2) is 9.03. The Morgan fingerprint density at radius 1 is 1.18 bits per heavy atom. The summed E-state index contributed by atoms with van der Waals surface area (Å²) < 4.78 is 0. The maximum Gasteiger partial charge on any atom is 0.0343 e. The van der Waals surface area contributed by atoms with Gasteiger partial charge in [-0.25, -0.2) is 0 Å². The van der Waals surface area contributed by atoms with Crippen molar-refractivity contribution in [1.82, 2.24) is 5.32 Å². The normalized spacial score (nSPS) is 12.6. The summed E-state index contributed by atoms with van der Waals surface area (Å²) in [5, 5.41) is 13.0. The molecule has 1 aromatic heterocycles. The average molecular weight is 389 g/mol. The van der Waals surface area contributed by atoms with Crippen LogP contribution in [0.25, 0.3) is 16.0 Å². The number of allylic oxidation sites excluding steroid dienone is 1. The fraction of sp³-hybridized carbons (Fsp3) is 0.240. The highest BCUT2D eigenvalue weighted by molar-refractivity contribution is 7.13. The van der Waals surface area contributed by atoms with E-state index in [1.54, 1.807) is 11.3 Å². The van der Waals surface area contributed by atoms with E-state index in [2.05, 4.69) is 80.0 Å². The van der Waals surface area contributed by atoms with E-state index in [1.807, 2.05) is 13.2 Å². The Labute approximate surface area is 172 Å². The first-order valence-corrected chi connectivity index (χ1v) is 10.6. The van der Waals surface area contributed by atoms with Gasteiger partial charge in [-0.1, -0.05) is 44.2 Å². The highest BCUT2D eigenvalue weighted by atomic mass is 32.1. The second-order valence-electron chi connectivity index (χ2n) is 7.12. The molecule has 1 unspecified atom stereocenters. The molecule has 2 nitrogen and oxygen atoms in total. The predicted molar refractivity (Wildman–Crippen MR) is 124 cm³/mol. The van der Waals surface area contributed by atoms with E-state index in [4.69, 9.17) is 5.41 Å². The van der Waals surface area contributed by atoms with Crippen molar-refractivity contribution in [1.29, 1.82) is 5.41 Å². The zero-order valence-corrected chi connectivity index (χ0v) is 17.9. The highest BCUT2D eigenvalue weighted by Crippen LogP contribution is 2.34. The van der Waals surface area contributed by atoms with Crippen molar-refractivity contribution < 1.29 is 0 Å². The molecule has 3 rings (SSSR count). The molecule has 0 amide bonds. The van der Waals surface area contributed by atoms with Crippen molar-refractivity contribution in [2.75, 3.05) is 7.05 Å². The standard InChI is InChI=1S/C25H28N2S/c1-5-19-9-8-17(2)24(11-19)18(3)20-12-21(23(15-26)16-27-4)14-22(13-20)25-7-6-10-28-25/h6-16,18,26-27H,5H2,1-4H3/b23-16+,26-15?. The molecule has 0 radical (unpaired) electrons. The van der Waals surface area contributed by atoms with Crippen LogP contribution in [0.3, 0.4) is 0 Å². The van der Waals surface area contributed by atoms with Gasteiger partial charge in [0.05, 0.1) is 0 Å². The molecule has 0 aliphatic carbocycles. The van der Waals surface area contributed by atoms with E-state index in [0.29, 0.717) is 0 Å². The van der Waals surface area contributed by atoms with E-state index in [9.17, 15) is 0 Å². The van der Waals surface area contributed by atoms with E-state index >= 15 is 0 Å². The monoisotopic (exact) mass is 388 g/mol. The number of rotatable bonds is 7. The Morgan fingerprint density at radius 3 is 2.64 bits per heavy atom. The van der Waals surface area contributed by atoms with Gasteiger partial charge in [0.25, 0.3) is 0 Å². The summed E-state index contributed by atoms with van der Waals surface area (Å²) >= 11 is 1.75. The number of aryl methyl sites for hydroxylation is 2. The minimum absolute atomic E-state index is 0.284. The summed E-state index contributed by atoms with van der Waals surface area (Å²) in [6.45, 7) is 6.68. The van der Waals surface area contributed by atoms with Crippen molar-refractivity contribution in [3.8, 4) is 10.4 Å². The fourth-order valence-corrected chi connectivity index (χ4v) is 4.29. The van der Waals surface area contributed by atoms with Crippen LogP contribution < -0.4 is 5.32 Å². The van der Waals surface area contributed by atoms with Crippen LogP contribution in [0.1, 0.15) is 47.6 Å². The summed E-state index contributed by atoms with van der Waals surface area (Å²) in [6, 6.07) is 17.8. The maximum atomic E-state index is 7.84. The molecule has 0 aliphatic heterocycles. The Hall–Kier alpha value is -2.65. The van der Waals surface area contributed by atoms with Crippen molar-refractivity contribution in [3.63, 3.8) is 0 Å². The van der Waals surface area contributed by atoms with Gasteiger partial charge in [0.15, 0.2) is 0 Å². The van der Waals surface area contributed by atoms with Gasteiger partial charge in [-0.3, -0.25) is 0 Å². The molecular weight excluding hydrogens is 360 g/mol. The first kappa shape index (κ1) is 20.1. The van der Waals surface area contributed by atoms with Gasteiger partial charge in [0.2, 0.25) is 0 Å². The molecule has 1 heterocycles. The largest absolute Gasteiger partial charge is 0.393 e. The summed E-state index contributed by atoms with van der Waals surface area (Å²) in [5.41, 5.74) is 8.52. The highest BCUT2D eigenvalue weighted by Gasteiger charge is 2.15. The number of benzene rings is 2. The summed E-state index contributed by atoms with van der Waals surface area (Å²) in [7, 11) is 1.87. The van der Waals surface area contributed by atoms with Crippen LogP contribution in [-0.2, 0) is 6.42 Å². The molecule has 2 aromatic carbocycles. The van der Waals surface area contributed by atoms with Crippen molar-refractivity contribution in [2.45, 2.75) is 33.1 Å². The molecule has 0 saturated heterocycles. The molecule has 2 N–H and O–H groups in total. The Bertz CT molecular complexity index is 984. The Morgan fingerprint density at radius 2 is 2.00 bits per heavy atom. The van der Waals surface area contributed by atoms with Gasteiger partial charge in [-0.15, -0.1) is 11.3 Å². The molecule has 0 saturated carbocycles. The van der Waals surface area contributed by atoms with Crippen LogP contribution in [-0.4, -0.2) is 13.3 Å². The van der Waals surface area contributed by atoms with Gasteiger partial charge in [-0.05, 0) is 70.3 Å². The van der Waals surface area contributed by atoms with Gasteiger partial charge in [0.1, 0.15) is 0 Å². The third kappa shape index (κ3) is 4.26. The van der Waals surface area contributed by atoms with Crippen molar-refractivity contribution in [2.24, 2.45) is 0 Å². The third-order valence-electron chi connectivity index (χ3n) is 5.27. The summed E-state index contributed by atoms with van der Waals surface area (Å²) in [5.74, 6) is 0.284. The molecule has 0 aliphatic rings.